The molecule has 1 aromatic rings. The predicted molar refractivity (Wildman–Crippen MR) is 81.3 cm³/mol. The first kappa shape index (κ1) is 14.2. The van der Waals surface area contributed by atoms with Crippen molar-refractivity contribution in [3.63, 3.8) is 0 Å². The number of hydrogen-bond acceptors (Lipinski definition) is 4. The fourth-order valence-electron chi connectivity index (χ4n) is 4.10. The van der Waals surface area contributed by atoms with Crippen molar-refractivity contribution >= 4 is 5.91 Å². The Balaban J connectivity index is 1.25. The molecular weight excluding hydrogens is 278 g/mol. The molecule has 2 saturated carbocycles. The smallest absolute Gasteiger partial charge is 0.227 e. The summed E-state index contributed by atoms with van der Waals surface area (Å²) in [6.45, 7) is 1.88. The number of carbonyl (C=O) groups excluding carboxylic acids is 1. The molecule has 0 unspecified atom stereocenters. The molecule has 1 spiro atoms. The Kier molecular flexibility index (Phi) is 3.66. The fraction of sp³-hybridized carbons (Fsp3) is 0.824. The molecule has 2 heterocycles. The van der Waals surface area contributed by atoms with Crippen LogP contribution in [0.4, 0.5) is 0 Å². The van der Waals surface area contributed by atoms with E-state index >= 15 is 0 Å². The van der Waals surface area contributed by atoms with E-state index in [9.17, 15) is 4.79 Å². The van der Waals surface area contributed by atoms with Crippen molar-refractivity contribution in [3.05, 3.63) is 11.7 Å². The number of aryl methyl sites for hydroxylation is 1. The second kappa shape index (κ2) is 5.67. The molecule has 1 saturated heterocycles. The zero-order valence-electron chi connectivity index (χ0n) is 13.2. The zero-order valence-corrected chi connectivity index (χ0v) is 13.2. The standard InChI is InChI=1S/C17H25N3O2/c21-15(6-5-14-18-16(19-22-14)13-3-4-13)20-11-9-17(10-12-20)7-1-2-8-17/h13H,1-12H2. The Labute approximate surface area is 131 Å². The molecule has 5 heteroatoms. The van der Waals surface area contributed by atoms with E-state index in [-0.39, 0.29) is 5.91 Å². The van der Waals surface area contributed by atoms with Crippen molar-refractivity contribution in [1.82, 2.24) is 15.0 Å². The van der Waals surface area contributed by atoms with Gasteiger partial charge in [-0.15, -0.1) is 0 Å². The van der Waals surface area contributed by atoms with Gasteiger partial charge in [-0.05, 0) is 43.9 Å². The largest absolute Gasteiger partial charge is 0.343 e. The number of aromatic nitrogens is 2. The molecule has 1 amide bonds. The molecule has 0 radical (unpaired) electrons. The summed E-state index contributed by atoms with van der Waals surface area (Å²) in [6.07, 6.45) is 11.3. The van der Waals surface area contributed by atoms with Crippen LogP contribution in [-0.2, 0) is 11.2 Å². The van der Waals surface area contributed by atoms with Crippen LogP contribution in [0.3, 0.4) is 0 Å². The van der Waals surface area contributed by atoms with Crippen LogP contribution in [-0.4, -0.2) is 34.0 Å². The fourth-order valence-corrected chi connectivity index (χ4v) is 4.10. The Hall–Kier alpha value is -1.39. The van der Waals surface area contributed by atoms with Gasteiger partial charge in [0.15, 0.2) is 5.82 Å². The van der Waals surface area contributed by atoms with E-state index < -0.39 is 0 Å². The third-order valence-electron chi connectivity index (χ3n) is 5.82. The van der Waals surface area contributed by atoms with Crippen LogP contribution in [0.25, 0.3) is 0 Å². The summed E-state index contributed by atoms with van der Waals surface area (Å²) >= 11 is 0. The molecule has 22 heavy (non-hydrogen) atoms. The number of nitrogens with zero attached hydrogens (tertiary/aromatic N) is 3. The van der Waals surface area contributed by atoms with Crippen molar-refractivity contribution in [2.75, 3.05) is 13.1 Å². The number of piperidine rings is 1. The van der Waals surface area contributed by atoms with Gasteiger partial charge in [0, 0.05) is 31.8 Å². The summed E-state index contributed by atoms with van der Waals surface area (Å²) in [5.41, 5.74) is 0.572. The maximum atomic E-state index is 12.4. The molecule has 1 aliphatic heterocycles. The summed E-state index contributed by atoms with van der Waals surface area (Å²) in [7, 11) is 0. The molecular formula is C17H25N3O2. The Morgan fingerprint density at radius 2 is 1.91 bits per heavy atom. The van der Waals surface area contributed by atoms with E-state index in [1.165, 1.54) is 51.4 Å². The second-order valence-corrected chi connectivity index (χ2v) is 7.41. The number of amides is 1. The molecule has 5 nitrogen and oxygen atoms in total. The van der Waals surface area contributed by atoms with Crippen molar-refractivity contribution < 1.29 is 9.32 Å². The highest BCUT2D eigenvalue weighted by Gasteiger charge is 2.37. The van der Waals surface area contributed by atoms with E-state index in [1.807, 2.05) is 4.90 Å². The van der Waals surface area contributed by atoms with Gasteiger partial charge in [0.05, 0.1) is 0 Å². The van der Waals surface area contributed by atoms with Crippen LogP contribution in [0.15, 0.2) is 4.52 Å². The topological polar surface area (TPSA) is 59.2 Å². The number of carbonyl (C=O) groups is 1. The maximum absolute atomic E-state index is 12.4. The average Bonchev–Trinajstić information content (AvgIpc) is 3.12. The molecule has 4 rings (SSSR count). The van der Waals surface area contributed by atoms with Crippen LogP contribution < -0.4 is 0 Å². The Morgan fingerprint density at radius 1 is 1.18 bits per heavy atom. The lowest BCUT2D eigenvalue weighted by molar-refractivity contribution is -0.133. The quantitative estimate of drug-likeness (QED) is 0.857. The minimum atomic E-state index is 0.249. The minimum absolute atomic E-state index is 0.249. The predicted octanol–water partition coefficient (Wildman–Crippen LogP) is 3.06. The van der Waals surface area contributed by atoms with Gasteiger partial charge in [0.25, 0.3) is 0 Å². The molecule has 0 aromatic carbocycles. The van der Waals surface area contributed by atoms with Crippen LogP contribution in [0.2, 0.25) is 0 Å². The maximum Gasteiger partial charge on any atom is 0.227 e. The third kappa shape index (κ3) is 2.90. The molecule has 1 aromatic heterocycles. The lowest BCUT2D eigenvalue weighted by Crippen LogP contribution is -2.42. The first-order valence-corrected chi connectivity index (χ1v) is 8.84. The van der Waals surface area contributed by atoms with Crippen LogP contribution in [0.5, 0.6) is 0 Å². The summed E-state index contributed by atoms with van der Waals surface area (Å²) in [5.74, 6) is 2.22. The van der Waals surface area contributed by atoms with Gasteiger partial charge in [0.2, 0.25) is 11.8 Å². The molecule has 0 atom stereocenters. The average molecular weight is 303 g/mol. The van der Waals surface area contributed by atoms with E-state index in [4.69, 9.17) is 4.52 Å². The first-order valence-electron chi connectivity index (χ1n) is 8.84. The van der Waals surface area contributed by atoms with Gasteiger partial charge >= 0.3 is 0 Å². The van der Waals surface area contributed by atoms with Gasteiger partial charge < -0.3 is 9.42 Å². The SMILES string of the molecule is O=C(CCc1nc(C2CC2)no1)N1CCC2(CCCC2)CC1. The van der Waals surface area contributed by atoms with Gasteiger partial charge in [-0.25, -0.2) is 0 Å². The number of likely N-dealkylation sites (tertiary alicyclic amines) is 1. The van der Waals surface area contributed by atoms with E-state index in [0.717, 1.165) is 18.9 Å². The molecule has 0 N–H and O–H groups in total. The van der Waals surface area contributed by atoms with Gasteiger partial charge in [-0.3, -0.25) is 4.79 Å². The van der Waals surface area contributed by atoms with Crippen LogP contribution >= 0.6 is 0 Å². The molecule has 3 fully saturated rings. The first-order chi connectivity index (χ1) is 10.7. The normalized spacial score (nSPS) is 24.1. The summed E-state index contributed by atoms with van der Waals surface area (Å²) < 4.78 is 5.25. The summed E-state index contributed by atoms with van der Waals surface area (Å²) in [5, 5.41) is 4.01. The van der Waals surface area contributed by atoms with Crippen molar-refractivity contribution in [2.45, 2.75) is 70.1 Å². The second-order valence-electron chi connectivity index (χ2n) is 7.41. The molecule has 2 aliphatic carbocycles. The monoisotopic (exact) mass is 303 g/mol. The van der Waals surface area contributed by atoms with E-state index in [1.54, 1.807) is 0 Å². The minimum Gasteiger partial charge on any atom is -0.343 e. The van der Waals surface area contributed by atoms with Crippen LogP contribution in [0, 0.1) is 5.41 Å². The highest BCUT2D eigenvalue weighted by Crippen LogP contribution is 2.46. The number of hydrogen-bond donors (Lipinski definition) is 0. The van der Waals surface area contributed by atoms with E-state index in [2.05, 4.69) is 10.1 Å². The van der Waals surface area contributed by atoms with Gasteiger partial charge in [-0.1, -0.05) is 18.0 Å². The van der Waals surface area contributed by atoms with Crippen molar-refractivity contribution in [2.24, 2.45) is 5.41 Å². The molecule has 0 bridgehead atoms. The number of rotatable bonds is 4. The third-order valence-corrected chi connectivity index (χ3v) is 5.82. The zero-order chi connectivity index (χ0) is 15.0. The lowest BCUT2D eigenvalue weighted by atomic mass is 9.77. The lowest BCUT2D eigenvalue weighted by Gasteiger charge is -2.39. The van der Waals surface area contributed by atoms with Crippen molar-refractivity contribution in [3.8, 4) is 0 Å². The molecule has 3 aliphatic rings. The Morgan fingerprint density at radius 3 is 2.59 bits per heavy atom. The van der Waals surface area contributed by atoms with Crippen molar-refractivity contribution in [1.29, 1.82) is 0 Å². The highest BCUT2D eigenvalue weighted by molar-refractivity contribution is 5.76. The highest BCUT2D eigenvalue weighted by atomic mass is 16.5. The Bertz CT molecular complexity index is 534. The molecule has 120 valence electrons. The van der Waals surface area contributed by atoms with Crippen LogP contribution in [0.1, 0.15) is 75.4 Å². The summed E-state index contributed by atoms with van der Waals surface area (Å²) in [4.78, 5) is 18.8. The van der Waals surface area contributed by atoms with Gasteiger partial charge in [-0.2, -0.15) is 4.98 Å². The van der Waals surface area contributed by atoms with E-state index in [0.29, 0.717) is 30.1 Å². The summed E-state index contributed by atoms with van der Waals surface area (Å²) in [6, 6.07) is 0. The van der Waals surface area contributed by atoms with Gasteiger partial charge in [0.1, 0.15) is 0 Å².